The Morgan fingerprint density at radius 1 is 1.21 bits per heavy atom. The van der Waals surface area contributed by atoms with E-state index in [-0.39, 0.29) is 11.7 Å². The Morgan fingerprint density at radius 2 is 1.95 bits per heavy atom. The minimum Gasteiger partial charge on any atom is -0.455 e. The van der Waals surface area contributed by atoms with Gasteiger partial charge in [0.25, 0.3) is 0 Å². The molecule has 2 aromatic carbocycles. The number of halogens is 2. The predicted molar refractivity (Wildman–Crippen MR) is 76.4 cm³/mol. The molecule has 5 heteroatoms. The van der Waals surface area contributed by atoms with Crippen molar-refractivity contribution in [1.29, 1.82) is 5.41 Å². The molecule has 2 aromatic rings. The number of hydrogen-bond donors (Lipinski definition) is 2. The zero-order valence-electron chi connectivity index (χ0n) is 10.2. The zero-order valence-corrected chi connectivity index (χ0v) is 11.8. The Hall–Kier alpha value is -1.88. The van der Waals surface area contributed by atoms with Crippen molar-refractivity contribution in [2.75, 3.05) is 0 Å². The number of rotatable bonds is 3. The van der Waals surface area contributed by atoms with Gasteiger partial charge in [-0.25, -0.2) is 4.39 Å². The number of benzene rings is 2. The first-order chi connectivity index (χ1) is 8.97. The van der Waals surface area contributed by atoms with Gasteiger partial charge >= 0.3 is 0 Å². The molecular formula is C14H12BrFN2O. The second kappa shape index (κ2) is 5.40. The summed E-state index contributed by atoms with van der Waals surface area (Å²) in [6.07, 6.45) is 0. The van der Waals surface area contributed by atoms with E-state index in [9.17, 15) is 4.39 Å². The molecule has 0 bridgehead atoms. The molecule has 0 aliphatic carbocycles. The first kappa shape index (κ1) is 13.5. The average molecular weight is 323 g/mol. The van der Waals surface area contributed by atoms with Crippen LogP contribution in [0.1, 0.15) is 11.1 Å². The lowest BCUT2D eigenvalue weighted by atomic mass is 10.1. The molecule has 0 amide bonds. The van der Waals surface area contributed by atoms with Gasteiger partial charge in [0, 0.05) is 0 Å². The fraction of sp³-hybridized carbons (Fsp3) is 0.0714. The molecule has 3 nitrogen and oxygen atoms in total. The lowest BCUT2D eigenvalue weighted by Gasteiger charge is -2.12. The lowest BCUT2D eigenvalue weighted by molar-refractivity contribution is 0.476. The van der Waals surface area contributed by atoms with Crippen LogP contribution in [0, 0.1) is 18.2 Å². The summed E-state index contributed by atoms with van der Waals surface area (Å²) in [5.74, 6) is 0.512. The number of nitrogens with two attached hydrogens (primary N) is 1. The Kier molecular flexibility index (Phi) is 3.85. The van der Waals surface area contributed by atoms with Gasteiger partial charge in [0.2, 0.25) is 0 Å². The van der Waals surface area contributed by atoms with Crippen LogP contribution in [0.3, 0.4) is 0 Å². The molecule has 3 N–H and O–H groups in total. The van der Waals surface area contributed by atoms with Gasteiger partial charge in [0.1, 0.15) is 23.2 Å². The highest BCUT2D eigenvalue weighted by Crippen LogP contribution is 2.32. The van der Waals surface area contributed by atoms with Crippen LogP contribution in [-0.2, 0) is 0 Å². The molecule has 0 saturated carbocycles. The van der Waals surface area contributed by atoms with E-state index in [2.05, 4.69) is 15.9 Å². The number of nitrogen functional groups attached to an aromatic ring is 1. The first-order valence-corrected chi connectivity index (χ1v) is 6.34. The standard InChI is InChI=1S/C14H12BrFN2O/c1-8-2-4-10(14(17)18)13(6-8)19-12-5-3-9(16)7-11(12)15/h2-7H,1H3,(H3,17,18). The molecule has 0 aliphatic heterocycles. The molecule has 0 saturated heterocycles. The third-order valence-electron chi connectivity index (χ3n) is 2.54. The summed E-state index contributed by atoms with van der Waals surface area (Å²) >= 11 is 3.23. The van der Waals surface area contributed by atoms with E-state index in [0.717, 1.165) is 5.56 Å². The van der Waals surface area contributed by atoms with Gasteiger partial charge in [-0.2, -0.15) is 0 Å². The van der Waals surface area contributed by atoms with E-state index >= 15 is 0 Å². The van der Waals surface area contributed by atoms with E-state index in [1.807, 2.05) is 13.0 Å². The summed E-state index contributed by atoms with van der Waals surface area (Å²) in [4.78, 5) is 0. The number of amidine groups is 1. The second-order valence-electron chi connectivity index (χ2n) is 4.09. The van der Waals surface area contributed by atoms with E-state index < -0.39 is 0 Å². The summed E-state index contributed by atoms with van der Waals surface area (Å²) in [6, 6.07) is 9.51. The van der Waals surface area contributed by atoms with Crippen LogP contribution < -0.4 is 10.5 Å². The Balaban J connectivity index is 2.42. The number of ether oxygens (including phenoxy) is 1. The summed E-state index contributed by atoms with van der Waals surface area (Å²) < 4.78 is 19.2. The highest BCUT2D eigenvalue weighted by Gasteiger charge is 2.10. The predicted octanol–water partition coefficient (Wildman–Crippen LogP) is 3.97. The van der Waals surface area contributed by atoms with Crippen molar-refractivity contribution in [3.8, 4) is 11.5 Å². The Labute approximate surface area is 118 Å². The van der Waals surface area contributed by atoms with E-state index in [4.69, 9.17) is 15.9 Å². The number of nitrogens with one attached hydrogen (secondary N) is 1. The third kappa shape index (κ3) is 3.12. The molecule has 0 fully saturated rings. The minimum absolute atomic E-state index is 0.0757. The summed E-state index contributed by atoms with van der Waals surface area (Å²) in [6.45, 7) is 1.91. The van der Waals surface area contributed by atoms with Gasteiger partial charge < -0.3 is 10.5 Å². The van der Waals surface area contributed by atoms with Gasteiger partial charge in [-0.05, 0) is 58.7 Å². The van der Waals surface area contributed by atoms with Crippen molar-refractivity contribution >= 4 is 21.8 Å². The molecule has 0 unspecified atom stereocenters. The van der Waals surface area contributed by atoms with Gasteiger partial charge in [-0.15, -0.1) is 0 Å². The average Bonchev–Trinajstić information content (AvgIpc) is 2.32. The number of aryl methyl sites for hydroxylation is 1. The summed E-state index contributed by atoms with van der Waals surface area (Å²) in [5, 5.41) is 7.53. The first-order valence-electron chi connectivity index (χ1n) is 5.55. The van der Waals surface area contributed by atoms with Crippen LogP contribution in [0.25, 0.3) is 0 Å². The normalized spacial score (nSPS) is 10.3. The fourth-order valence-corrected chi connectivity index (χ4v) is 2.04. The van der Waals surface area contributed by atoms with Crippen molar-refractivity contribution in [1.82, 2.24) is 0 Å². The van der Waals surface area contributed by atoms with Crippen molar-refractivity contribution in [2.45, 2.75) is 6.92 Å². The molecule has 2 rings (SSSR count). The van der Waals surface area contributed by atoms with Gasteiger partial charge in [-0.3, -0.25) is 5.41 Å². The molecule has 0 atom stereocenters. The van der Waals surface area contributed by atoms with Gasteiger partial charge in [0.05, 0.1) is 10.0 Å². The smallest absolute Gasteiger partial charge is 0.141 e. The van der Waals surface area contributed by atoms with E-state index in [1.165, 1.54) is 18.2 Å². The van der Waals surface area contributed by atoms with Crippen LogP contribution >= 0.6 is 15.9 Å². The van der Waals surface area contributed by atoms with Crippen LogP contribution in [0.15, 0.2) is 40.9 Å². The SMILES string of the molecule is Cc1ccc(C(=N)N)c(Oc2ccc(F)cc2Br)c1. The monoisotopic (exact) mass is 322 g/mol. The quantitative estimate of drug-likeness (QED) is 0.663. The van der Waals surface area contributed by atoms with Crippen molar-refractivity contribution in [3.63, 3.8) is 0 Å². The van der Waals surface area contributed by atoms with Crippen LogP contribution in [0.2, 0.25) is 0 Å². The zero-order chi connectivity index (χ0) is 14.0. The van der Waals surface area contributed by atoms with E-state index in [0.29, 0.717) is 21.5 Å². The largest absolute Gasteiger partial charge is 0.455 e. The molecular weight excluding hydrogens is 311 g/mol. The van der Waals surface area contributed by atoms with Gasteiger partial charge in [-0.1, -0.05) is 6.07 Å². The highest BCUT2D eigenvalue weighted by atomic mass is 79.9. The van der Waals surface area contributed by atoms with Crippen LogP contribution in [0.5, 0.6) is 11.5 Å². The molecule has 19 heavy (non-hydrogen) atoms. The Bertz CT molecular complexity index is 643. The molecule has 0 spiro atoms. The fourth-order valence-electron chi connectivity index (χ4n) is 1.61. The van der Waals surface area contributed by atoms with Crippen molar-refractivity contribution in [3.05, 3.63) is 57.8 Å². The van der Waals surface area contributed by atoms with Crippen LogP contribution in [-0.4, -0.2) is 5.84 Å². The third-order valence-corrected chi connectivity index (χ3v) is 3.16. The highest BCUT2D eigenvalue weighted by molar-refractivity contribution is 9.10. The van der Waals surface area contributed by atoms with Crippen molar-refractivity contribution < 1.29 is 9.13 Å². The Morgan fingerprint density at radius 3 is 2.58 bits per heavy atom. The molecule has 0 heterocycles. The topological polar surface area (TPSA) is 59.1 Å². The summed E-state index contributed by atoms with van der Waals surface area (Å²) in [7, 11) is 0. The number of hydrogen-bond acceptors (Lipinski definition) is 2. The van der Waals surface area contributed by atoms with E-state index in [1.54, 1.807) is 12.1 Å². The summed E-state index contributed by atoms with van der Waals surface area (Å²) in [5.41, 5.74) is 7.00. The molecule has 0 aliphatic rings. The maximum absolute atomic E-state index is 13.0. The molecule has 98 valence electrons. The minimum atomic E-state index is -0.352. The van der Waals surface area contributed by atoms with Gasteiger partial charge in [0.15, 0.2) is 0 Å². The maximum Gasteiger partial charge on any atom is 0.141 e. The lowest BCUT2D eigenvalue weighted by Crippen LogP contribution is -2.12. The van der Waals surface area contributed by atoms with Crippen molar-refractivity contribution in [2.24, 2.45) is 5.73 Å². The maximum atomic E-state index is 13.0. The van der Waals surface area contributed by atoms with Crippen LogP contribution in [0.4, 0.5) is 4.39 Å². The second-order valence-corrected chi connectivity index (χ2v) is 4.94. The molecule has 0 aromatic heterocycles. The molecule has 0 radical (unpaired) electrons.